The molecule has 0 bridgehead atoms. The van der Waals surface area contributed by atoms with Crippen LogP contribution in [0.1, 0.15) is 10.5 Å². The lowest BCUT2D eigenvalue weighted by molar-refractivity contribution is 0.0822. The zero-order valence-corrected chi connectivity index (χ0v) is 14.0. The lowest BCUT2D eigenvalue weighted by Crippen LogP contribution is -2.35. The monoisotopic (exact) mass is 306 g/mol. The Morgan fingerprint density at radius 1 is 1.36 bits per heavy atom. The van der Waals surface area contributed by atoms with E-state index >= 15 is 0 Å². The van der Waals surface area contributed by atoms with Gasteiger partial charge in [0, 0.05) is 39.6 Å². The Morgan fingerprint density at radius 3 is 2.82 bits per heavy atom. The van der Waals surface area contributed by atoms with Gasteiger partial charge < -0.3 is 19.4 Å². The summed E-state index contributed by atoms with van der Waals surface area (Å²) < 4.78 is 5.70. The van der Waals surface area contributed by atoms with Crippen LogP contribution in [0.5, 0.6) is 0 Å². The van der Waals surface area contributed by atoms with Gasteiger partial charge in [-0.25, -0.2) is 4.98 Å². The van der Waals surface area contributed by atoms with E-state index < -0.39 is 0 Å². The van der Waals surface area contributed by atoms with Gasteiger partial charge in [-0.05, 0) is 26.2 Å². The minimum absolute atomic E-state index is 0.0715. The van der Waals surface area contributed by atoms with Gasteiger partial charge in [-0.15, -0.1) is 0 Å². The summed E-state index contributed by atoms with van der Waals surface area (Å²) in [7, 11) is 7.63. The number of amides is 1. The molecule has 0 aromatic carbocycles. The van der Waals surface area contributed by atoms with Crippen LogP contribution in [0.15, 0.2) is 18.2 Å². The second kappa shape index (κ2) is 7.56. The van der Waals surface area contributed by atoms with Crippen molar-refractivity contribution in [2.45, 2.75) is 0 Å². The third-order valence-corrected chi connectivity index (χ3v) is 3.64. The Hall–Kier alpha value is -1.66. The van der Waals surface area contributed by atoms with E-state index in [9.17, 15) is 4.79 Å². The Kier molecular flexibility index (Phi) is 5.74. The zero-order chi connectivity index (χ0) is 16.1. The van der Waals surface area contributed by atoms with Gasteiger partial charge in [0.25, 0.3) is 5.91 Å². The van der Waals surface area contributed by atoms with Gasteiger partial charge in [-0.1, -0.05) is 6.07 Å². The van der Waals surface area contributed by atoms with Crippen LogP contribution in [0, 0.1) is 5.92 Å². The summed E-state index contributed by atoms with van der Waals surface area (Å²) in [6.07, 6.45) is 0. The van der Waals surface area contributed by atoms with Crippen LogP contribution in [0.2, 0.25) is 0 Å². The van der Waals surface area contributed by atoms with E-state index in [1.165, 1.54) is 0 Å². The molecule has 1 amide bonds. The minimum Gasteiger partial charge on any atom is -0.379 e. The molecular formula is C16H26N4O2. The first-order valence-electron chi connectivity index (χ1n) is 7.63. The molecule has 0 spiro atoms. The van der Waals surface area contributed by atoms with Gasteiger partial charge in [0.15, 0.2) is 0 Å². The lowest BCUT2D eigenvalue weighted by atomic mass is 10.1. The normalized spacial score (nSPS) is 19.1. The Bertz CT molecular complexity index is 505. The highest BCUT2D eigenvalue weighted by Crippen LogP contribution is 2.17. The van der Waals surface area contributed by atoms with Crippen molar-refractivity contribution in [3.8, 4) is 0 Å². The second-order valence-electron chi connectivity index (χ2n) is 6.23. The summed E-state index contributed by atoms with van der Waals surface area (Å²) >= 11 is 0. The molecule has 0 saturated carbocycles. The van der Waals surface area contributed by atoms with Crippen LogP contribution < -0.4 is 4.90 Å². The first-order valence-corrected chi connectivity index (χ1v) is 7.63. The Labute approximate surface area is 132 Å². The van der Waals surface area contributed by atoms with Crippen molar-refractivity contribution in [1.29, 1.82) is 0 Å². The quantitative estimate of drug-likeness (QED) is 0.823. The first kappa shape index (κ1) is 16.7. The van der Waals surface area contributed by atoms with Crippen LogP contribution in [-0.2, 0) is 4.74 Å². The van der Waals surface area contributed by atoms with Crippen molar-refractivity contribution in [1.82, 2.24) is 14.8 Å². The number of aromatic nitrogens is 1. The maximum atomic E-state index is 12.1. The van der Waals surface area contributed by atoms with E-state index in [1.54, 1.807) is 25.1 Å². The predicted octanol–water partition coefficient (Wildman–Crippen LogP) is 0.798. The fraction of sp³-hybridized carbons (Fsp3) is 0.625. The van der Waals surface area contributed by atoms with E-state index in [-0.39, 0.29) is 5.91 Å². The maximum Gasteiger partial charge on any atom is 0.272 e. The summed E-state index contributed by atoms with van der Waals surface area (Å²) in [4.78, 5) is 22.6. The van der Waals surface area contributed by atoms with E-state index in [0.29, 0.717) is 18.2 Å². The molecule has 0 radical (unpaired) electrons. The molecule has 22 heavy (non-hydrogen) atoms. The highest BCUT2D eigenvalue weighted by Gasteiger charge is 2.21. The number of carbonyl (C=O) groups is 1. The number of ether oxygens (including phenoxy) is 1. The average molecular weight is 306 g/mol. The number of anilines is 1. The highest BCUT2D eigenvalue weighted by atomic mass is 16.5. The Balaban J connectivity index is 2.15. The molecule has 1 fully saturated rings. The molecule has 1 aliphatic rings. The van der Waals surface area contributed by atoms with Crippen molar-refractivity contribution in [3.05, 3.63) is 23.9 Å². The first-order chi connectivity index (χ1) is 10.5. The van der Waals surface area contributed by atoms with E-state index in [2.05, 4.69) is 28.9 Å². The van der Waals surface area contributed by atoms with Gasteiger partial charge in [-0.3, -0.25) is 4.79 Å². The molecule has 122 valence electrons. The van der Waals surface area contributed by atoms with Gasteiger partial charge >= 0.3 is 0 Å². The summed E-state index contributed by atoms with van der Waals surface area (Å²) in [6, 6.07) is 5.62. The molecule has 2 heterocycles. The van der Waals surface area contributed by atoms with Gasteiger partial charge in [0.2, 0.25) is 0 Å². The van der Waals surface area contributed by atoms with Crippen molar-refractivity contribution >= 4 is 11.7 Å². The van der Waals surface area contributed by atoms with Gasteiger partial charge in [0.05, 0.1) is 13.2 Å². The SMILES string of the molecule is CN(C)CC1COCCN(c2cccc(C(=O)N(C)C)n2)C1. The number of pyridine rings is 1. The molecule has 0 N–H and O–H groups in total. The summed E-state index contributed by atoms with van der Waals surface area (Å²) in [5.74, 6) is 1.22. The number of carbonyl (C=O) groups excluding carboxylic acids is 1. The molecule has 0 aliphatic carbocycles. The topological polar surface area (TPSA) is 48.9 Å². The molecule has 1 atom stereocenters. The largest absolute Gasteiger partial charge is 0.379 e. The standard InChI is InChI=1S/C16H26N4O2/c1-18(2)10-13-11-20(8-9-22-12-13)15-7-5-6-14(17-15)16(21)19(3)4/h5-7,13H,8-12H2,1-4H3. The summed E-state index contributed by atoms with van der Waals surface area (Å²) in [6.45, 7) is 4.14. The third-order valence-electron chi connectivity index (χ3n) is 3.64. The number of rotatable bonds is 4. The molecule has 1 aromatic heterocycles. The van der Waals surface area contributed by atoms with Crippen molar-refractivity contribution in [2.75, 3.05) is 65.9 Å². The second-order valence-corrected chi connectivity index (χ2v) is 6.23. The van der Waals surface area contributed by atoms with Crippen molar-refractivity contribution < 1.29 is 9.53 Å². The van der Waals surface area contributed by atoms with Crippen LogP contribution in [0.25, 0.3) is 0 Å². The predicted molar refractivity (Wildman–Crippen MR) is 87.3 cm³/mol. The fourth-order valence-corrected chi connectivity index (χ4v) is 2.66. The maximum absolute atomic E-state index is 12.1. The molecule has 6 nitrogen and oxygen atoms in total. The molecular weight excluding hydrogens is 280 g/mol. The van der Waals surface area contributed by atoms with Crippen molar-refractivity contribution in [3.63, 3.8) is 0 Å². The lowest BCUT2D eigenvalue weighted by Gasteiger charge is -2.26. The third kappa shape index (κ3) is 4.42. The average Bonchev–Trinajstić information content (AvgIpc) is 2.71. The van der Waals surface area contributed by atoms with E-state index in [1.807, 2.05) is 12.1 Å². The van der Waals surface area contributed by atoms with E-state index in [0.717, 1.165) is 32.1 Å². The zero-order valence-electron chi connectivity index (χ0n) is 14.0. The van der Waals surface area contributed by atoms with Crippen molar-refractivity contribution in [2.24, 2.45) is 5.92 Å². The van der Waals surface area contributed by atoms with Gasteiger partial charge in [-0.2, -0.15) is 0 Å². The molecule has 6 heteroatoms. The van der Waals surface area contributed by atoms with E-state index in [4.69, 9.17) is 4.74 Å². The van der Waals surface area contributed by atoms with Crippen LogP contribution in [0.3, 0.4) is 0 Å². The molecule has 1 unspecified atom stereocenters. The Morgan fingerprint density at radius 2 is 2.14 bits per heavy atom. The van der Waals surface area contributed by atoms with Crippen LogP contribution in [-0.4, -0.2) is 81.7 Å². The van der Waals surface area contributed by atoms with Crippen LogP contribution in [0.4, 0.5) is 5.82 Å². The number of nitrogens with zero attached hydrogens (tertiary/aromatic N) is 4. The molecule has 2 rings (SSSR count). The highest BCUT2D eigenvalue weighted by molar-refractivity contribution is 5.92. The smallest absolute Gasteiger partial charge is 0.272 e. The fourth-order valence-electron chi connectivity index (χ4n) is 2.66. The molecule has 1 aliphatic heterocycles. The van der Waals surface area contributed by atoms with Crippen LogP contribution >= 0.6 is 0 Å². The number of hydrogen-bond acceptors (Lipinski definition) is 5. The summed E-state index contributed by atoms with van der Waals surface area (Å²) in [5, 5.41) is 0. The minimum atomic E-state index is -0.0715. The number of hydrogen-bond donors (Lipinski definition) is 0. The molecule has 1 aromatic rings. The van der Waals surface area contributed by atoms with Gasteiger partial charge in [0.1, 0.15) is 11.5 Å². The summed E-state index contributed by atoms with van der Waals surface area (Å²) in [5.41, 5.74) is 0.483. The molecule has 1 saturated heterocycles.